The summed E-state index contributed by atoms with van der Waals surface area (Å²) in [5, 5.41) is 0. The van der Waals surface area contributed by atoms with Crippen LogP contribution in [-0.2, 0) is 23.7 Å². The van der Waals surface area contributed by atoms with E-state index in [0.29, 0.717) is 33.0 Å². The van der Waals surface area contributed by atoms with Crippen molar-refractivity contribution in [2.45, 2.75) is 39.2 Å². The third kappa shape index (κ3) is 12.2. The predicted octanol–water partition coefficient (Wildman–Crippen LogP) is 2.40. The van der Waals surface area contributed by atoms with Crippen molar-refractivity contribution in [3.05, 3.63) is 0 Å². The maximum Gasteiger partial charge on any atom is 0.508 e. The number of unbranched alkanes of at least 4 members (excludes halogenated alkanes) is 1. The van der Waals surface area contributed by atoms with Crippen LogP contribution in [0.2, 0.25) is 0 Å². The van der Waals surface area contributed by atoms with Crippen molar-refractivity contribution in [1.82, 2.24) is 0 Å². The largest absolute Gasteiger partial charge is 0.508 e. The molecular formula is C14H28O6. The SMILES string of the molecule is CCOCCOC(=O)OCCCCOCC(CC)OC. The van der Waals surface area contributed by atoms with Gasteiger partial charge in [0.2, 0.25) is 0 Å². The van der Waals surface area contributed by atoms with Gasteiger partial charge in [-0.25, -0.2) is 4.79 Å². The summed E-state index contributed by atoms with van der Waals surface area (Å²) < 4.78 is 25.4. The molecule has 0 aromatic carbocycles. The van der Waals surface area contributed by atoms with Gasteiger partial charge in [-0.3, -0.25) is 0 Å². The van der Waals surface area contributed by atoms with Crippen LogP contribution < -0.4 is 0 Å². The maximum atomic E-state index is 11.1. The van der Waals surface area contributed by atoms with Crippen LogP contribution in [0.3, 0.4) is 0 Å². The maximum absolute atomic E-state index is 11.1. The summed E-state index contributed by atoms with van der Waals surface area (Å²) >= 11 is 0. The fourth-order valence-electron chi connectivity index (χ4n) is 1.40. The van der Waals surface area contributed by atoms with Gasteiger partial charge in [0, 0.05) is 20.3 Å². The number of methoxy groups -OCH3 is 1. The van der Waals surface area contributed by atoms with E-state index in [1.165, 1.54) is 0 Å². The molecule has 0 amide bonds. The molecule has 0 aliphatic heterocycles. The molecule has 0 N–H and O–H groups in total. The van der Waals surface area contributed by atoms with Crippen molar-refractivity contribution in [3.63, 3.8) is 0 Å². The topological polar surface area (TPSA) is 63.2 Å². The molecular weight excluding hydrogens is 264 g/mol. The number of carbonyl (C=O) groups is 1. The Labute approximate surface area is 121 Å². The third-order valence-electron chi connectivity index (χ3n) is 2.65. The Kier molecular flexibility index (Phi) is 13.9. The molecule has 0 aliphatic carbocycles. The molecule has 1 atom stereocenters. The van der Waals surface area contributed by atoms with E-state index in [1.807, 2.05) is 6.92 Å². The van der Waals surface area contributed by atoms with Crippen LogP contribution >= 0.6 is 0 Å². The first-order chi connectivity index (χ1) is 9.74. The lowest BCUT2D eigenvalue weighted by Crippen LogP contribution is -2.17. The van der Waals surface area contributed by atoms with Crippen LogP contribution in [0.5, 0.6) is 0 Å². The van der Waals surface area contributed by atoms with Gasteiger partial charge in [0.25, 0.3) is 0 Å². The fourth-order valence-corrected chi connectivity index (χ4v) is 1.40. The molecule has 0 spiro atoms. The van der Waals surface area contributed by atoms with Crippen molar-refractivity contribution in [3.8, 4) is 0 Å². The van der Waals surface area contributed by atoms with E-state index in [2.05, 4.69) is 6.92 Å². The summed E-state index contributed by atoms with van der Waals surface area (Å²) in [6, 6.07) is 0. The second-order valence-electron chi connectivity index (χ2n) is 4.19. The zero-order valence-electron chi connectivity index (χ0n) is 12.9. The Morgan fingerprint density at radius 3 is 2.30 bits per heavy atom. The molecule has 0 saturated carbocycles. The molecule has 0 radical (unpaired) electrons. The first kappa shape index (κ1) is 19.1. The van der Waals surface area contributed by atoms with Gasteiger partial charge < -0.3 is 23.7 Å². The van der Waals surface area contributed by atoms with E-state index in [0.717, 1.165) is 19.3 Å². The van der Waals surface area contributed by atoms with Crippen LogP contribution in [0, 0.1) is 0 Å². The van der Waals surface area contributed by atoms with E-state index in [9.17, 15) is 4.79 Å². The van der Waals surface area contributed by atoms with E-state index in [-0.39, 0.29) is 12.7 Å². The summed E-state index contributed by atoms with van der Waals surface area (Å²) in [7, 11) is 1.68. The number of hydrogen-bond acceptors (Lipinski definition) is 6. The second kappa shape index (κ2) is 14.6. The highest BCUT2D eigenvalue weighted by Gasteiger charge is 2.04. The molecule has 1 unspecified atom stereocenters. The highest BCUT2D eigenvalue weighted by Crippen LogP contribution is 1.99. The van der Waals surface area contributed by atoms with E-state index in [1.54, 1.807) is 7.11 Å². The van der Waals surface area contributed by atoms with Crippen molar-refractivity contribution >= 4 is 6.16 Å². The van der Waals surface area contributed by atoms with E-state index < -0.39 is 6.16 Å². The van der Waals surface area contributed by atoms with E-state index >= 15 is 0 Å². The van der Waals surface area contributed by atoms with Crippen molar-refractivity contribution in [1.29, 1.82) is 0 Å². The molecule has 0 aromatic heterocycles. The Morgan fingerprint density at radius 1 is 0.950 bits per heavy atom. The standard InChI is InChI=1S/C14H28O6/c1-4-13(16-3)12-18-8-6-7-9-19-14(15)20-11-10-17-5-2/h13H,4-12H2,1-3H3. The smallest absolute Gasteiger partial charge is 0.434 e. The summed E-state index contributed by atoms with van der Waals surface area (Å²) in [4.78, 5) is 11.1. The van der Waals surface area contributed by atoms with Crippen LogP contribution in [0.25, 0.3) is 0 Å². The van der Waals surface area contributed by atoms with Gasteiger partial charge >= 0.3 is 6.16 Å². The first-order valence-corrected chi connectivity index (χ1v) is 7.22. The number of carbonyl (C=O) groups excluding carboxylic acids is 1. The van der Waals surface area contributed by atoms with Crippen LogP contribution in [0.4, 0.5) is 4.79 Å². The quantitative estimate of drug-likeness (QED) is 0.384. The van der Waals surface area contributed by atoms with Gasteiger partial charge in [0.05, 0.1) is 25.9 Å². The highest BCUT2D eigenvalue weighted by molar-refractivity contribution is 5.59. The highest BCUT2D eigenvalue weighted by atomic mass is 16.7. The average molecular weight is 292 g/mol. The summed E-state index contributed by atoms with van der Waals surface area (Å²) in [6.45, 7) is 6.77. The normalized spacial score (nSPS) is 12.2. The minimum Gasteiger partial charge on any atom is -0.434 e. The number of ether oxygens (including phenoxy) is 5. The molecule has 0 aromatic rings. The van der Waals surface area contributed by atoms with Crippen molar-refractivity contribution in [2.75, 3.05) is 46.8 Å². The van der Waals surface area contributed by atoms with Crippen LogP contribution in [0.1, 0.15) is 33.1 Å². The zero-order valence-corrected chi connectivity index (χ0v) is 12.9. The lowest BCUT2D eigenvalue weighted by atomic mass is 10.3. The molecule has 20 heavy (non-hydrogen) atoms. The summed E-state index contributed by atoms with van der Waals surface area (Å²) in [6.07, 6.45) is 2.05. The first-order valence-electron chi connectivity index (χ1n) is 7.22. The lowest BCUT2D eigenvalue weighted by molar-refractivity contribution is 0.00325. The van der Waals surface area contributed by atoms with Gasteiger partial charge in [0.1, 0.15) is 6.61 Å². The Hall–Kier alpha value is -0.850. The van der Waals surface area contributed by atoms with Gasteiger partial charge in [-0.05, 0) is 26.2 Å². The van der Waals surface area contributed by atoms with Gasteiger partial charge in [-0.15, -0.1) is 0 Å². The van der Waals surface area contributed by atoms with Gasteiger partial charge in [0.15, 0.2) is 0 Å². The van der Waals surface area contributed by atoms with Gasteiger partial charge in [-0.1, -0.05) is 6.92 Å². The molecule has 0 saturated heterocycles. The zero-order chi connectivity index (χ0) is 15.1. The van der Waals surface area contributed by atoms with Crippen molar-refractivity contribution in [2.24, 2.45) is 0 Å². The number of rotatable bonds is 13. The van der Waals surface area contributed by atoms with Gasteiger partial charge in [-0.2, -0.15) is 0 Å². The molecule has 0 fully saturated rings. The summed E-state index contributed by atoms with van der Waals surface area (Å²) in [5.74, 6) is 0. The molecule has 0 heterocycles. The minimum absolute atomic E-state index is 0.159. The monoisotopic (exact) mass is 292 g/mol. The molecule has 0 aliphatic rings. The van der Waals surface area contributed by atoms with Crippen LogP contribution in [0.15, 0.2) is 0 Å². The second-order valence-corrected chi connectivity index (χ2v) is 4.19. The predicted molar refractivity (Wildman–Crippen MR) is 74.9 cm³/mol. The Morgan fingerprint density at radius 2 is 1.65 bits per heavy atom. The molecule has 6 nitrogen and oxygen atoms in total. The Bertz CT molecular complexity index is 218. The fraction of sp³-hybridized carbons (Fsp3) is 0.929. The third-order valence-corrected chi connectivity index (χ3v) is 2.65. The lowest BCUT2D eigenvalue weighted by Gasteiger charge is -2.13. The summed E-state index contributed by atoms with van der Waals surface area (Å²) in [5.41, 5.74) is 0. The van der Waals surface area contributed by atoms with E-state index in [4.69, 9.17) is 23.7 Å². The molecule has 0 bridgehead atoms. The molecule has 0 rings (SSSR count). The number of hydrogen-bond donors (Lipinski definition) is 0. The minimum atomic E-state index is -0.643. The molecule has 120 valence electrons. The Balaban J connectivity index is 3.24. The van der Waals surface area contributed by atoms with Crippen LogP contribution in [-0.4, -0.2) is 59.0 Å². The average Bonchev–Trinajstić information content (AvgIpc) is 2.46. The van der Waals surface area contributed by atoms with Crippen molar-refractivity contribution < 1.29 is 28.5 Å². The molecule has 6 heteroatoms.